The molecule has 2 heterocycles. The van der Waals surface area contributed by atoms with Crippen LogP contribution in [0.2, 0.25) is 0 Å². The molecule has 0 radical (unpaired) electrons. The smallest absolute Gasteiger partial charge is 0.322 e. The minimum Gasteiger partial charge on any atom is -0.322 e. The molecule has 3 amide bonds. The number of nitrogens with zero attached hydrogens (tertiary/aromatic N) is 2. The molecule has 1 spiro atoms. The first-order valence-electron chi connectivity index (χ1n) is 6.70. The van der Waals surface area contributed by atoms with Gasteiger partial charge >= 0.3 is 6.03 Å². The number of likely N-dealkylation sites (N-methyl/N-ethyl adjacent to an activating group) is 1. The van der Waals surface area contributed by atoms with E-state index in [4.69, 9.17) is 0 Å². The third-order valence-electron chi connectivity index (χ3n) is 3.94. The summed E-state index contributed by atoms with van der Waals surface area (Å²) in [4.78, 5) is 27.8. The molecule has 2 rings (SSSR count). The van der Waals surface area contributed by atoms with E-state index in [-0.39, 0.29) is 11.9 Å². The van der Waals surface area contributed by atoms with Gasteiger partial charge in [-0.05, 0) is 26.1 Å². The molecule has 102 valence electrons. The molecule has 1 atom stereocenters. The topological polar surface area (TPSA) is 64.7 Å². The minimum absolute atomic E-state index is 0.0651. The van der Waals surface area contributed by atoms with Crippen LogP contribution in [0, 0.1) is 0 Å². The highest BCUT2D eigenvalue weighted by atomic mass is 16.2. The van der Waals surface area contributed by atoms with Crippen molar-refractivity contribution in [1.82, 2.24) is 20.4 Å². The average Bonchev–Trinajstić information content (AvgIpc) is 2.91. The summed E-state index contributed by atoms with van der Waals surface area (Å²) in [5.74, 6) is -0.0651. The zero-order chi connectivity index (χ0) is 13.2. The number of rotatable bonds is 5. The van der Waals surface area contributed by atoms with Crippen LogP contribution in [0.25, 0.3) is 0 Å². The molecule has 0 aliphatic carbocycles. The van der Waals surface area contributed by atoms with Gasteiger partial charge in [0.15, 0.2) is 0 Å². The van der Waals surface area contributed by atoms with Crippen molar-refractivity contribution in [1.29, 1.82) is 0 Å². The summed E-state index contributed by atoms with van der Waals surface area (Å²) in [6, 6.07) is -0.240. The molecule has 1 unspecified atom stereocenters. The van der Waals surface area contributed by atoms with E-state index in [1.807, 2.05) is 0 Å². The van der Waals surface area contributed by atoms with Gasteiger partial charge in [0.05, 0.1) is 0 Å². The number of hydrogen-bond donors (Lipinski definition) is 2. The van der Waals surface area contributed by atoms with Crippen molar-refractivity contribution in [3.05, 3.63) is 0 Å². The van der Waals surface area contributed by atoms with Gasteiger partial charge in [-0.3, -0.25) is 9.69 Å². The van der Waals surface area contributed by atoms with E-state index >= 15 is 0 Å². The second-order valence-corrected chi connectivity index (χ2v) is 4.92. The second kappa shape index (κ2) is 5.24. The van der Waals surface area contributed by atoms with Gasteiger partial charge in [0.25, 0.3) is 5.91 Å². The fraction of sp³-hybridized carbons (Fsp3) is 0.833. The molecule has 6 heteroatoms. The number of imide groups is 1. The second-order valence-electron chi connectivity index (χ2n) is 4.92. The first-order valence-corrected chi connectivity index (χ1v) is 6.70. The molecule has 2 N–H and O–H groups in total. The van der Waals surface area contributed by atoms with Gasteiger partial charge in [0.2, 0.25) is 0 Å². The summed E-state index contributed by atoms with van der Waals surface area (Å²) in [6.45, 7) is 8.61. The maximum Gasteiger partial charge on any atom is 0.325 e. The standard InChI is InChI=1S/C12H22N4O2/c1-3-15(4-2)7-8-16-10(17)12(14-11(16)18)5-6-13-9-12/h13H,3-9H2,1-2H3,(H,14,18). The van der Waals surface area contributed by atoms with E-state index in [0.717, 1.165) is 26.2 Å². The quantitative estimate of drug-likeness (QED) is 0.656. The Morgan fingerprint density at radius 1 is 1.33 bits per heavy atom. The fourth-order valence-corrected chi connectivity index (χ4v) is 2.64. The predicted molar refractivity (Wildman–Crippen MR) is 68.3 cm³/mol. The summed E-state index contributed by atoms with van der Waals surface area (Å²) >= 11 is 0. The van der Waals surface area contributed by atoms with E-state index in [1.165, 1.54) is 4.90 Å². The van der Waals surface area contributed by atoms with Gasteiger partial charge in [-0.15, -0.1) is 0 Å². The maximum atomic E-state index is 12.3. The summed E-state index contributed by atoms with van der Waals surface area (Å²) < 4.78 is 0. The first kappa shape index (κ1) is 13.3. The fourth-order valence-electron chi connectivity index (χ4n) is 2.64. The third kappa shape index (κ3) is 2.22. The molecule has 0 bridgehead atoms. The van der Waals surface area contributed by atoms with Gasteiger partial charge in [-0.1, -0.05) is 13.8 Å². The highest BCUT2D eigenvalue weighted by Gasteiger charge is 2.52. The molecule has 2 fully saturated rings. The van der Waals surface area contributed by atoms with Gasteiger partial charge in [0.1, 0.15) is 5.54 Å². The lowest BCUT2D eigenvalue weighted by molar-refractivity contribution is -0.130. The van der Waals surface area contributed by atoms with Crippen LogP contribution in [-0.2, 0) is 4.79 Å². The van der Waals surface area contributed by atoms with Gasteiger partial charge in [0, 0.05) is 19.6 Å². The Hall–Kier alpha value is -1.14. The minimum atomic E-state index is -0.666. The van der Waals surface area contributed by atoms with E-state index in [9.17, 15) is 9.59 Å². The zero-order valence-electron chi connectivity index (χ0n) is 11.2. The molecule has 18 heavy (non-hydrogen) atoms. The summed E-state index contributed by atoms with van der Waals surface area (Å²) in [5, 5.41) is 5.99. The number of carbonyl (C=O) groups is 2. The number of carbonyl (C=O) groups excluding carboxylic acids is 2. The van der Waals surface area contributed by atoms with E-state index in [1.54, 1.807) is 0 Å². The SMILES string of the molecule is CCN(CC)CCN1C(=O)NC2(CCNC2)C1=O. The van der Waals surface area contributed by atoms with Gasteiger partial charge in [-0.25, -0.2) is 4.79 Å². The average molecular weight is 254 g/mol. The van der Waals surface area contributed by atoms with Crippen LogP contribution in [0.1, 0.15) is 20.3 Å². The Morgan fingerprint density at radius 3 is 2.61 bits per heavy atom. The Balaban J connectivity index is 1.97. The lowest BCUT2D eigenvalue weighted by atomic mass is 9.99. The van der Waals surface area contributed by atoms with Crippen molar-refractivity contribution in [2.24, 2.45) is 0 Å². The van der Waals surface area contributed by atoms with E-state index in [2.05, 4.69) is 29.4 Å². The van der Waals surface area contributed by atoms with Crippen LogP contribution >= 0.6 is 0 Å². The molecule has 0 aromatic rings. The lowest BCUT2D eigenvalue weighted by Crippen LogP contribution is -2.49. The van der Waals surface area contributed by atoms with Crippen molar-refractivity contribution >= 4 is 11.9 Å². The third-order valence-corrected chi connectivity index (χ3v) is 3.94. The molecular weight excluding hydrogens is 232 g/mol. The van der Waals surface area contributed by atoms with Crippen molar-refractivity contribution < 1.29 is 9.59 Å². The largest absolute Gasteiger partial charge is 0.325 e. The molecule has 2 aliphatic heterocycles. The Kier molecular flexibility index (Phi) is 3.87. The lowest BCUT2D eigenvalue weighted by Gasteiger charge is -2.22. The number of amides is 3. The maximum absolute atomic E-state index is 12.3. The molecule has 0 aromatic carbocycles. The monoisotopic (exact) mass is 254 g/mol. The van der Waals surface area contributed by atoms with Crippen molar-refractivity contribution in [3.63, 3.8) is 0 Å². The highest BCUT2D eigenvalue weighted by molar-refractivity contribution is 6.07. The number of hydrogen-bond acceptors (Lipinski definition) is 4. The predicted octanol–water partition coefficient (Wildman–Crippen LogP) is -0.388. The van der Waals surface area contributed by atoms with E-state index in [0.29, 0.717) is 19.5 Å². The van der Waals surface area contributed by atoms with Crippen molar-refractivity contribution in [2.45, 2.75) is 25.8 Å². The first-order chi connectivity index (χ1) is 8.63. The molecule has 2 saturated heterocycles. The van der Waals surface area contributed by atoms with E-state index < -0.39 is 5.54 Å². The highest BCUT2D eigenvalue weighted by Crippen LogP contribution is 2.23. The summed E-state index contributed by atoms with van der Waals surface area (Å²) in [5.41, 5.74) is -0.666. The van der Waals surface area contributed by atoms with Crippen LogP contribution in [-0.4, -0.2) is 66.5 Å². The van der Waals surface area contributed by atoms with Gasteiger partial charge < -0.3 is 15.5 Å². The Morgan fingerprint density at radius 2 is 2.06 bits per heavy atom. The molecule has 0 saturated carbocycles. The van der Waals surface area contributed by atoms with Crippen LogP contribution < -0.4 is 10.6 Å². The van der Waals surface area contributed by atoms with Gasteiger partial charge in [-0.2, -0.15) is 0 Å². The normalized spacial score (nSPS) is 27.6. The van der Waals surface area contributed by atoms with Crippen LogP contribution in [0.4, 0.5) is 4.79 Å². The summed E-state index contributed by atoms with van der Waals surface area (Å²) in [6.07, 6.45) is 0.694. The van der Waals surface area contributed by atoms with Crippen LogP contribution in [0.15, 0.2) is 0 Å². The summed E-state index contributed by atoms with van der Waals surface area (Å²) in [7, 11) is 0. The van der Waals surface area contributed by atoms with Crippen LogP contribution in [0.5, 0.6) is 0 Å². The molecule has 2 aliphatic rings. The molecule has 0 aromatic heterocycles. The van der Waals surface area contributed by atoms with Crippen molar-refractivity contribution in [2.75, 3.05) is 39.3 Å². The Bertz CT molecular complexity index is 335. The number of urea groups is 1. The van der Waals surface area contributed by atoms with Crippen molar-refractivity contribution in [3.8, 4) is 0 Å². The Labute approximate surface area is 108 Å². The zero-order valence-corrected chi connectivity index (χ0v) is 11.2. The molecular formula is C12H22N4O2. The number of nitrogens with one attached hydrogen (secondary N) is 2. The molecule has 6 nitrogen and oxygen atoms in total. The van der Waals surface area contributed by atoms with Crippen LogP contribution in [0.3, 0.4) is 0 Å².